The summed E-state index contributed by atoms with van der Waals surface area (Å²) in [6, 6.07) is 7.15. The fourth-order valence-corrected chi connectivity index (χ4v) is 2.81. The Bertz CT molecular complexity index is 801. The minimum absolute atomic E-state index is 0.185. The molecule has 0 aliphatic heterocycles. The summed E-state index contributed by atoms with van der Waals surface area (Å²) in [6.45, 7) is -0.186. The predicted molar refractivity (Wildman–Crippen MR) is 102 cm³/mol. The molecular formula is C19H21NO6S. The van der Waals surface area contributed by atoms with Crippen LogP contribution in [0.5, 0.6) is 17.2 Å². The molecule has 7 nitrogen and oxygen atoms in total. The third-order valence-electron chi connectivity index (χ3n) is 3.53. The van der Waals surface area contributed by atoms with Crippen molar-refractivity contribution in [3.63, 3.8) is 0 Å². The summed E-state index contributed by atoms with van der Waals surface area (Å²) in [6.07, 6.45) is 2.93. The Kier molecular flexibility index (Phi) is 7.69. The first-order valence-corrected chi connectivity index (χ1v) is 8.89. The van der Waals surface area contributed by atoms with E-state index in [9.17, 15) is 9.59 Å². The van der Waals surface area contributed by atoms with Crippen LogP contribution < -0.4 is 19.5 Å². The zero-order chi connectivity index (χ0) is 19.6. The van der Waals surface area contributed by atoms with Crippen LogP contribution in [-0.4, -0.2) is 39.8 Å². The average molecular weight is 391 g/mol. The van der Waals surface area contributed by atoms with Gasteiger partial charge in [0.25, 0.3) is 5.91 Å². The lowest BCUT2D eigenvalue weighted by Gasteiger charge is -2.14. The van der Waals surface area contributed by atoms with Crippen molar-refractivity contribution in [3.8, 4) is 17.2 Å². The van der Waals surface area contributed by atoms with Crippen molar-refractivity contribution in [1.82, 2.24) is 5.32 Å². The minimum Gasteiger partial charge on any atom is -0.496 e. The molecule has 2 rings (SSSR count). The molecule has 0 saturated heterocycles. The second kappa shape index (κ2) is 10.2. The number of carbonyl (C=O) groups is 2. The number of nitrogens with one attached hydrogen (secondary N) is 1. The normalized spacial score (nSPS) is 10.5. The van der Waals surface area contributed by atoms with Crippen LogP contribution >= 0.6 is 11.3 Å². The van der Waals surface area contributed by atoms with Crippen LogP contribution in [0.2, 0.25) is 0 Å². The van der Waals surface area contributed by atoms with Crippen LogP contribution in [0.25, 0.3) is 6.08 Å². The highest BCUT2D eigenvalue weighted by atomic mass is 32.1. The quantitative estimate of drug-likeness (QED) is 0.523. The van der Waals surface area contributed by atoms with E-state index < -0.39 is 11.9 Å². The van der Waals surface area contributed by atoms with Crippen molar-refractivity contribution in [2.75, 3.05) is 27.9 Å². The van der Waals surface area contributed by atoms with E-state index in [0.717, 1.165) is 4.88 Å². The van der Waals surface area contributed by atoms with Gasteiger partial charge in [0.2, 0.25) is 0 Å². The van der Waals surface area contributed by atoms with Gasteiger partial charge in [-0.05, 0) is 23.6 Å². The summed E-state index contributed by atoms with van der Waals surface area (Å²) in [5.41, 5.74) is 0.701. The molecule has 0 bridgehead atoms. The third kappa shape index (κ3) is 6.03. The molecule has 0 unspecified atom stereocenters. The van der Waals surface area contributed by atoms with Gasteiger partial charge in [-0.1, -0.05) is 6.07 Å². The van der Waals surface area contributed by atoms with Crippen LogP contribution in [0.15, 0.2) is 35.7 Å². The second-order valence-electron chi connectivity index (χ2n) is 5.25. The molecule has 1 aromatic heterocycles. The molecule has 0 aliphatic carbocycles. The van der Waals surface area contributed by atoms with E-state index in [2.05, 4.69) is 5.32 Å². The molecular weight excluding hydrogens is 370 g/mol. The van der Waals surface area contributed by atoms with Crippen molar-refractivity contribution >= 4 is 29.3 Å². The fraction of sp³-hybridized carbons (Fsp3) is 0.263. The Morgan fingerprint density at radius 3 is 2.41 bits per heavy atom. The molecule has 0 atom stereocenters. The van der Waals surface area contributed by atoms with Crippen molar-refractivity contribution in [2.45, 2.75) is 6.54 Å². The van der Waals surface area contributed by atoms with Gasteiger partial charge in [0.05, 0.1) is 21.3 Å². The number of rotatable bonds is 9. The lowest BCUT2D eigenvalue weighted by Crippen LogP contribution is -2.28. The highest BCUT2D eigenvalue weighted by Gasteiger charge is 2.13. The highest BCUT2D eigenvalue weighted by Crippen LogP contribution is 2.34. The molecule has 1 aromatic carbocycles. The summed E-state index contributed by atoms with van der Waals surface area (Å²) in [5.74, 6) is 0.583. The summed E-state index contributed by atoms with van der Waals surface area (Å²) in [7, 11) is 4.57. The molecule has 1 heterocycles. The smallest absolute Gasteiger partial charge is 0.331 e. The van der Waals surface area contributed by atoms with Crippen LogP contribution in [-0.2, 0) is 20.9 Å². The molecule has 0 saturated carbocycles. The summed E-state index contributed by atoms with van der Waals surface area (Å²) in [4.78, 5) is 24.5. The summed E-state index contributed by atoms with van der Waals surface area (Å²) < 4.78 is 20.7. The zero-order valence-corrected chi connectivity index (χ0v) is 16.1. The SMILES string of the molecule is COc1cc(OC)c(OC)cc1CNC(=O)COC(=O)/C=C/c1cccs1. The van der Waals surface area contributed by atoms with E-state index in [0.29, 0.717) is 22.8 Å². The monoisotopic (exact) mass is 391 g/mol. The number of thiophene rings is 1. The van der Waals surface area contributed by atoms with Gasteiger partial charge >= 0.3 is 5.97 Å². The number of amides is 1. The number of ether oxygens (including phenoxy) is 4. The standard InChI is InChI=1S/C19H21NO6S/c1-23-15-10-17(25-3)16(24-2)9-13(15)11-20-18(21)12-26-19(22)7-6-14-5-4-8-27-14/h4-10H,11-12H2,1-3H3,(H,20,21)/b7-6+. The summed E-state index contributed by atoms with van der Waals surface area (Å²) in [5, 5.41) is 4.58. The molecule has 1 N–H and O–H groups in total. The van der Waals surface area contributed by atoms with E-state index in [1.54, 1.807) is 18.2 Å². The third-order valence-corrected chi connectivity index (χ3v) is 4.37. The van der Waals surface area contributed by atoms with Crippen LogP contribution in [0, 0.1) is 0 Å². The maximum absolute atomic E-state index is 11.9. The van der Waals surface area contributed by atoms with E-state index >= 15 is 0 Å². The number of hydrogen-bond donors (Lipinski definition) is 1. The first-order valence-electron chi connectivity index (χ1n) is 8.01. The molecule has 2 aromatic rings. The largest absolute Gasteiger partial charge is 0.496 e. The molecule has 1 amide bonds. The van der Waals surface area contributed by atoms with Gasteiger partial charge in [-0.25, -0.2) is 4.79 Å². The Hall–Kier alpha value is -3.00. The van der Waals surface area contributed by atoms with E-state index in [1.807, 2.05) is 17.5 Å². The first kappa shape index (κ1) is 20.3. The van der Waals surface area contributed by atoms with Crippen molar-refractivity contribution in [3.05, 3.63) is 46.2 Å². The maximum atomic E-state index is 11.9. The van der Waals surface area contributed by atoms with Gasteiger partial charge in [-0.15, -0.1) is 11.3 Å². The van der Waals surface area contributed by atoms with Gasteiger partial charge < -0.3 is 24.3 Å². The number of methoxy groups -OCH3 is 3. The second-order valence-corrected chi connectivity index (χ2v) is 6.23. The Labute approximate surface area is 161 Å². The lowest BCUT2D eigenvalue weighted by atomic mass is 10.1. The number of carbonyl (C=O) groups excluding carboxylic acids is 2. The molecule has 144 valence electrons. The van der Waals surface area contributed by atoms with Gasteiger partial charge in [-0.2, -0.15) is 0 Å². The zero-order valence-electron chi connectivity index (χ0n) is 15.3. The first-order chi connectivity index (χ1) is 13.1. The molecule has 8 heteroatoms. The van der Waals surface area contributed by atoms with Crippen molar-refractivity contribution in [2.24, 2.45) is 0 Å². The van der Waals surface area contributed by atoms with Gasteiger partial charge in [0.1, 0.15) is 5.75 Å². The van der Waals surface area contributed by atoms with Crippen molar-refractivity contribution in [1.29, 1.82) is 0 Å². The Morgan fingerprint density at radius 1 is 1.07 bits per heavy atom. The predicted octanol–water partition coefficient (Wildman–Crippen LogP) is 2.65. The number of esters is 1. The highest BCUT2D eigenvalue weighted by molar-refractivity contribution is 7.10. The van der Waals surface area contributed by atoms with Crippen LogP contribution in [0.3, 0.4) is 0 Å². The minimum atomic E-state index is -0.581. The molecule has 27 heavy (non-hydrogen) atoms. The average Bonchev–Trinajstić information content (AvgIpc) is 3.21. The van der Waals surface area contributed by atoms with E-state index in [1.165, 1.54) is 38.7 Å². The van der Waals surface area contributed by atoms with Crippen LogP contribution in [0.1, 0.15) is 10.4 Å². The maximum Gasteiger partial charge on any atom is 0.331 e. The van der Waals surface area contributed by atoms with E-state index in [-0.39, 0.29) is 13.2 Å². The van der Waals surface area contributed by atoms with Gasteiger partial charge in [0.15, 0.2) is 18.1 Å². The van der Waals surface area contributed by atoms with Gasteiger partial charge in [-0.3, -0.25) is 4.79 Å². The fourth-order valence-electron chi connectivity index (χ4n) is 2.20. The molecule has 0 spiro atoms. The number of benzene rings is 1. The van der Waals surface area contributed by atoms with Gasteiger partial charge in [0, 0.05) is 29.1 Å². The van der Waals surface area contributed by atoms with Crippen LogP contribution in [0.4, 0.5) is 0 Å². The van der Waals surface area contributed by atoms with Crippen molar-refractivity contribution < 1.29 is 28.5 Å². The molecule has 0 radical (unpaired) electrons. The lowest BCUT2D eigenvalue weighted by molar-refractivity contribution is -0.143. The Balaban J connectivity index is 1.87. The number of hydrogen-bond acceptors (Lipinski definition) is 7. The van der Waals surface area contributed by atoms with E-state index in [4.69, 9.17) is 18.9 Å². The topological polar surface area (TPSA) is 83.1 Å². The summed E-state index contributed by atoms with van der Waals surface area (Å²) >= 11 is 1.50. The Morgan fingerprint density at radius 2 is 1.78 bits per heavy atom. The molecule has 0 fully saturated rings. The molecule has 0 aliphatic rings.